The molecule has 2 aromatic rings. The molecule has 0 unspecified atom stereocenters. The predicted molar refractivity (Wildman–Crippen MR) is 116 cm³/mol. The number of rotatable bonds is 4. The van der Waals surface area contributed by atoms with Gasteiger partial charge in [-0.05, 0) is 80.5 Å². The van der Waals surface area contributed by atoms with Crippen LogP contribution in [0.5, 0.6) is 0 Å². The average molecular weight is 414 g/mol. The van der Waals surface area contributed by atoms with Crippen molar-refractivity contribution in [3.05, 3.63) is 47.0 Å². The zero-order valence-corrected chi connectivity index (χ0v) is 17.7. The molecule has 1 amide bonds. The summed E-state index contributed by atoms with van der Waals surface area (Å²) in [5, 5.41) is 2.90. The Bertz CT molecular complexity index is 1060. The molecule has 0 saturated carbocycles. The SMILES string of the molecule is Cc1ccc(NS(=O)(=O)c2cc3c(cc2N2CCCCC2)NC(=O)CC3)cc1C. The summed E-state index contributed by atoms with van der Waals surface area (Å²) in [6.45, 7) is 5.60. The summed E-state index contributed by atoms with van der Waals surface area (Å²) in [6, 6.07) is 9.14. The number of anilines is 3. The standard InChI is InChI=1S/C22H27N3O3S/c1-15-6-8-18(12-16(15)2)24-29(27,28)21-13-17-7-9-22(26)23-19(17)14-20(21)25-10-4-3-5-11-25/h6,8,12-14,24H,3-5,7,9-11H2,1-2H3,(H,23,26). The van der Waals surface area contributed by atoms with Crippen LogP contribution < -0.4 is 14.9 Å². The summed E-state index contributed by atoms with van der Waals surface area (Å²) in [4.78, 5) is 14.2. The molecule has 0 aromatic heterocycles. The number of nitrogens with zero attached hydrogens (tertiary/aromatic N) is 1. The van der Waals surface area contributed by atoms with Crippen molar-refractivity contribution in [1.82, 2.24) is 0 Å². The molecule has 1 fully saturated rings. The highest BCUT2D eigenvalue weighted by Gasteiger charge is 2.27. The van der Waals surface area contributed by atoms with Gasteiger partial charge in [-0.3, -0.25) is 9.52 Å². The van der Waals surface area contributed by atoms with Crippen LogP contribution >= 0.6 is 0 Å². The molecule has 2 N–H and O–H groups in total. The van der Waals surface area contributed by atoms with Crippen LogP contribution in [-0.4, -0.2) is 27.4 Å². The summed E-state index contributed by atoms with van der Waals surface area (Å²) < 4.78 is 29.5. The van der Waals surface area contributed by atoms with Crippen LogP contribution in [0.15, 0.2) is 35.2 Å². The topological polar surface area (TPSA) is 78.5 Å². The molecule has 7 heteroatoms. The van der Waals surface area contributed by atoms with Crippen molar-refractivity contribution < 1.29 is 13.2 Å². The first-order valence-corrected chi connectivity index (χ1v) is 11.6. The number of hydrogen-bond donors (Lipinski definition) is 2. The Balaban J connectivity index is 1.77. The second-order valence-corrected chi connectivity index (χ2v) is 9.63. The molecule has 0 atom stereocenters. The Morgan fingerprint density at radius 3 is 2.45 bits per heavy atom. The fourth-order valence-electron chi connectivity index (χ4n) is 4.01. The van der Waals surface area contributed by atoms with Gasteiger partial charge in [-0.2, -0.15) is 0 Å². The van der Waals surface area contributed by atoms with E-state index in [1.54, 1.807) is 12.1 Å². The van der Waals surface area contributed by atoms with Crippen molar-refractivity contribution >= 4 is 33.0 Å². The molecule has 1 saturated heterocycles. The van der Waals surface area contributed by atoms with E-state index in [0.29, 0.717) is 24.2 Å². The molecule has 0 aliphatic carbocycles. The van der Waals surface area contributed by atoms with Crippen LogP contribution in [0.4, 0.5) is 17.1 Å². The normalized spacial score (nSPS) is 16.9. The third-order valence-electron chi connectivity index (χ3n) is 5.83. The van der Waals surface area contributed by atoms with E-state index in [4.69, 9.17) is 0 Å². The van der Waals surface area contributed by atoms with E-state index in [1.165, 1.54) is 0 Å². The van der Waals surface area contributed by atoms with Crippen LogP contribution in [0.1, 0.15) is 42.4 Å². The number of nitrogens with one attached hydrogen (secondary N) is 2. The smallest absolute Gasteiger partial charge is 0.263 e. The van der Waals surface area contributed by atoms with E-state index >= 15 is 0 Å². The highest BCUT2D eigenvalue weighted by molar-refractivity contribution is 7.92. The number of amides is 1. The van der Waals surface area contributed by atoms with Gasteiger partial charge >= 0.3 is 0 Å². The molecule has 0 spiro atoms. The number of aryl methyl sites for hydroxylation is 3. The van der Waals surface area contributed by atoms with E-state index in [2.05, 4.69) is 14.9 Å². The second kappa shape index (κ2) is 7.71. The molecule has 2 heterocycles. The van der Waals surface area contributed by atoms with Crippen LogP contribution in [0.3, 0.4) is 0 Å². The lowest BCUT2D eigenvalue weighted by Crippen LogP contribution is -2.32. The van der Waals surface area contributed by atoms with Crippen molar-refractivity contribution in [2.24, 2.45) is 0 Å². The quantitative estimate of drug-likeness (QED) is 0.795. The Hall–Kier alpha value is -2.54. The first kappa shape index (κ1) is 19.8. The van der Waals surface area contributed by atoms with Crippen molar-refractivity contribution in [2.75, 3.05) is 28.0 Å². The number of fused-ring (bicyclic) bond motifs is 1. The zero-order valence-electron chi connectivity index (χ0n) is 16.9. The molecular weight excluding hydrogens is 386 g/mol. The molecule has 0 radical (unpaired) electrons. The maximum absolute atomic E-state index is 13.4. The minimum atomic E-state index is -3.77. The fourth-order valence-corrected chi connectivity index (χ4v) is 5.31. The van der Waals surface area contributed by atoms with Gasteiger partial charge in [-0.1, -0.05) is 6.07 Å². The van der Waals surface area contributed by atoms with Gasteiger partial charge in [0, 0.05) is 30.9 Å². The number of sulfonamides is 1. The van der Waals surface area contributed by atoms with Gasteiger partial charge in [0.25, 0.3) is 10.0 Å². The fraction of sp³-hybridized carbons (Fsp3) is 0.409. The number of hydrogen-bond acceptors (Lipinski definition) is 4. The number of piperidine rings is 1. The van der Waals surface area contributed by atoms with Gasteiger partial charge in [0.05, 0.1) is 5.69 Å². The number of carbonyl (C=O) groups is 1. The number of benzene rings is 2. The Morgan fingerprint density at radius 1 is 0.966 bits per heavy atom. The molecule has 2 aliphatic heterocycles. The Labute approximate surface area is 172 Å². The third kappa shape index (κ3) is 4.10. The summed E-state index contributed by atoms with van der Waals surface area (Å²) in [5.74, 6) is -0.0223. The molecule has 29 heavy (non-hydrogen) atoms. The highest BCUT2D eigenvalue weighted by Crippen LogP contribution is 2.36. The van der Waals surface area contributed by atoms with Crippen molar-refractivity contribution in [1.29, 1.82) is 0 Å². The summed E-state index contributed by atoms with van der Waals surface area (Å²) >= 11 is 0. The molecule has 154 valence electrons. The van der Waals surface area contributed by atoms with Gasteiger partial charge in [-0.25, -0.2) is 8.42 Å². The van der Waals surface area contributed by atoms with Gasteiger partial charge < -0.3 is 10.2 Å². The molecule has 2 aromatic carbocycles. The third-order valence-corrected chi connectivity index (χ3v) is 7.24. The van der Waals surface area contributed by atoms with Crippen LogP contribution in [0, 0.1) is 13.8 Å². The molecule has 4 rings (SSSR count). The minimum absolute atomic E-state index is 0.0223. The van der Waals surface area contributed by atoms with Crippen LogP contribution in [0.2, 0.25) is 0 Å². The molecule has 0 bridgehead atoms. The van der Waals surface area contributed by atoms with Crippen molar-refractivity contribution in [2.45, 2.75) is 50.8 Å². The van der Waals surface area contributed by atoms with Gasteiger partial charge in [0.2, 0.25) is 5.91 Å². The lowest BCUT2D eigenvalue weighted by atomic mass is 10.0. The van der Waals surface area contributed by atoms with E-state index < -0.39 is 10.0 Å². The Morgan fingerprint density at radius 2 is 1.72 bits per heavy atom. The molecule has 6 nitrogen and oxygen atoms in total. The first-order chi connectivity index (χ1) is 13.8. The van der Waals surface area contributed by atoms with Gasteiger partial charge in [0.15, 0.2) is 0 Å². The lowest BCUT2D eigenvalue weighted by Gasteiger charge is -2.32. The number of carbonyl (C=O) groups excluding carboxylic acids is 1. The largest absolute Gasteiger partial charge is 0.370 e. The molecule has 2 aliphatic rings. The highest BCUT2D eigenvalue weighted by atomic mass is 32.2. The van der Waals surface area contributed by atoms with Crippen molar-refractivity contribution in [3.8, 4) is 0 Å². The van der Waals surface area contributed by atoms with Crippen LogP contribution in [0.25, 0.3) is 0 Å². The molecular formula is C22H27N3O3S. The summed E-state index contributed by atoms with van der Waals surface area (Å²) in [7, 11) is -3.77. The maximum atomic E-state index is 13.4. The minimum Gasteiger partial charge on any atom is -0.370 e. The van der Waals surface area contributed by atoms with Crippen LogP contribution in [-0.2, 0) is 21.2 Å². The second-order valence-electron chi connectivity index (χ2n) is 7.98. The van der Waals surface area contributed by atoms with Gasteiger partial charge in [0.1, 0.15) is 4.90 Å². The van der Waals surface area contributed by atoms with E-state index in [0.717, 1.165) is 54.7 Å². The Kier molecular flexibility index (Phi) is 5.25. The summed E-state index contributed by atoms with van der Waals surface area (Å²) in [6.07, 6.45) is 4.15. The maximum Gasteiger partial charge on any atom is 0.263 e. The van der Waals surface area contributed by atoms with E-state index in [1.807, 2.05) is 32.0 Å². The zero-order chi connectivity index (χ0) is 20.6. The average Bonchev–Trinajstić information content (AvgIpc) is 2.70. The summed E-state index contributed by atoms with van der Waals surface area (Å²) in [5.41, 5.74) is 4.98. The van der Waals surface area contributed by atoms with Crippen molar-refractivity contribution in [3.63, 3.8) is 0 Å². The lowest BCUT2D eigenvalue weighted by molar-refractivity contribution is -0.116. The van der Waals surface area contributed by atoms with E-state index in [-0.39, 0.29) is 10.8 Å². The van der Waals surface area contributed by atoms with E-state index in [9.17, 15) is 13.2 Å². The van der Waals surface area contributed by atoms with Gasteiger partial charge in [-0.15, -0.1) is 0 Å². The predicted octanol–water partition coefficient (Wildman–Crippen LogP) is 3.98. The first-order valence-electron chi connectivity index (χ1n) is 10.2. The monoisotopic (exact) mass is 413 g/mol.